The fourth-order valence-electron chi connectivity index (χ4n) is 8.47. The molecule has 286 valence electrons. The Bertz CT molecular complexity index is 2430. The van der Waals surface area contributed by atoms with Crippen LogP contribution in [0.25, 0.3) is 32.7 Å². The zero-order valence-corrected chi connectivity index (χ0v) is 33.8. The number of rotatable bonds is 9. The average Bonchev–Trinajstić information content (AvgIpc) is 3.80. The van der Waals surface area contributed by atoms with Crippen LogP contribution in [0.1, 0.15) is 36.1 Å². The summed E-state index contributed by atoms with van der Waals surface area (Å²) in [6.07, 6.45) is -0.695. The zero-order valence-electron chi connectivity index (χ0n) is 32.0. The van der Waals surface area contributed by atoms with Crippen LogP contribution in [-0.4, -0.2) is 12.2 Å². The Morgan fingerprint density at radius 1 is 0.379 bits per heavy atom. The van der Waals surface area contributed by atoms with Gasteiger partial charge in [-0.15, -0.1) is 0 Å². The smallest absolute Gasteiger partial charge is 0.398 e. The van der Waals surface area contributed by atoms with Crippen molar-refractivity contribution < 1.29 is 27.1 Å². The lowest BCUT2D eigenvalue weighted by atomic mass is 9.82. The van der Waals surface area contributed by atoms with E-state index in [-0.39, 0.29) is 12.2 Å². The van der Waals surface area contributed by atoms with Crippen LogP contribution in [0.15, 0.2) is 194 Å². The molecule has 0 amide bonds. The minimum absolute atomic E-state index is 0.347. The molecule has 6 nitrogen and oxygen atoms in total. The number of fused-ring (bicyclic) bond motifs is 2. The third-order valence-corrected chi connectivity index (χ3v) is 13.8. The van der Waals surface area contributed by atoms with Gasteiger partial charge in [0.05, 0.1) is 0 Å². The second-order valence-corrected chi connectivity index (χ2v) is 16.6. The number of hydrogen-bond donors (Lipinski definition) is 0. The van der Waals surface area contributed by atoms with E-state index in [0.717, 1.165) is 54.9 Å². The van der Waals surface area contributed by atoms with Crippen molar-refractivity contribution in [2.45, 2.75) is 37.3 Å². The van der Waals surface area contributed by atoms with E-state index in [1.165, 1.54) is 0 Å². The quantitative estimate of drug-likeness (QED) is 0.136. The first-order chi connectivity index (χ1) is 28.5. The second kappa shape index (κ2) is 15.4. The van der Waals surface area contributed by atoms with Crippen molar-refractivity contribution in [3.8, 4) is 22.6 Å². The summed E-state index contributed by atoms with van der Waals surface area (Å²) in [5.41, 5.74) is 3.98. The van der Waals surface area contributed by atoms with Crippen molar-refractivity contribution in [3.63, 3.8) is 0 Å². The van der Waals surface area contributed by atoms with Crippen molar-refractivity contribution in [1.82, 2.24) is 0 Å². The van der Waals surface area contributed by atoms with Gasteiger partial charge in [-0.05, 0) is 69.8 Å². The molecular weight excluding hydrogens is 758 g/mol. The first-order valence-corrected chi connectivity index (χ1v) is 21.7. The van der Waals surface area contributed by atoms with Crippen molar-refractivity contribution in [3.05, 3.63) is 216 Å². The fourth-order valence-corrected chi connectivity index (χ4v) is 11.3. The minimum Gasteiger partial charge on any atom is -0.426 e. The van der Waals surface area contributed by atoms with Gasteiger partial charge in [-0.2, -0.15) is 0 Å². The molecule has 2 heterocycles. The minimum atomic E-state index is -1.88. The van der Waals surface area contributed by atoms with Gasteiger partial charge in [0, 0.05) is 11.1 Å². The van der Waals surface area contributed by atoms with Gasteiger partial charge in [0.2, 0.25) is 0 Å². The molecule has 8 heteroatoms. The largest absolute Gasteiger partial charge is 0.426 e. The second-order valence-electron chi connectivity index (χ2n) is 14.6. The lowest BCUT2D eigenvalue weighted by molar-refractivity contribution is 0.0849. The lowest BCUT2D eigenvalue weighted by Crippen LogP contribution is -2.36. The first kappa shape index (κ1) is 36.9. The van der Waals surface area contributed by atoms with E-state index in [1.807, 2.05) is 97.1 Å². The van der Waals surface area contributed by atoms with Crippen LogP contribution in [-0.2, 0) is 29.3 Å². The molecule has 8 aromatic carbocycles. The molecule has 58 heavy (non-hydrogen) atoms. The van der Waals surface area contributed by atoms with Crippen LogP contribution in [0.4, 0.5) is 0 Å². The summed E-state index contributed by atoms with van der Waals surface area (Å²) in [5, 5.41) is 4.11. The third-order valence-electron chi connectivity index (χ3n) is 11.3. The summed E-state index contributed by atoms with van der Waals surface area (Å²) in [6, 6.07) is 65.9. The average molecular weight is 799 g/mol. The van der Waals surface area contributed by atoms with E-state index in [4.69, 9.17) is 27.1 Å². The van der Waals surface area contributed by atoms with Crippen LogP contribution >= 0.6 is 17.2 Å². The third kappa shape index (κ3) is 6.29. The van der Waals surface area contributed by atoms with E-state index >= 15 is 0 Å². The monoisotopic (exact) mass is 798 g/mol. The van der Waals surface area contributed by atoms with E-state index in [2.05, 4.69) is 111 Å². The van der Waals surface area contributed by atoms with Crippen LogP contribution < -0.4 is 9.05 Å². The van der Waals surface area contributed by atoms with Crippen molar-refractivity contribution in [1.29, 1.82) is 0 Å². The van der Waals surface area contributed by atoms with E-state index in [9.17, 15) is 0 Å². The summed E-state index contributed by atoms with van der Waals surface area (Å²) in [7, 11) is -3.76. The summed E-state index contributed by atoms with van der Waals surface area (Å²) < 4.78 is 41.4. The highest BCUT2D eigenvalue weighted by atomic mass is 31.2. The molecule has 8 aromatic rings. The van der Waals surface area contributed by atoms with Gasteiger partial charge in [0.1, 0.15) is 23.7 Å². The summed E-state index contributed by atoms with van der Waals surface area (Å²) >= 11 is 0. The molecule has 2 aliphatic rings. The van der Waals surface area contributed by atoms with Crippen LogP contribution in [0.3, 0.4) is 0 Å². The number of benzene rings is 8. The molecule has 10 rings (SSSR count). The fraction of sp³-hybridized carbons (Fsp3) is 0.120. The molecule has 0 spiro atoms. The molecule has 2 fully saturated rings. The van der Waals surface area contributed by atoms with Crippen LogP contribution in [0.2, 0.25) is 0 Å². The van der Waals surface area contributed by atoms with E-state index in [1.54, 1.807) is 0 Å². The molecule has 0 radical (unpaired) electrons. The van der Waals surface area contributed by atoms with Gasteiger partial charge < -0.3 is 9.05 Å². The maximum Gasteiger partial charge on any atom is 0.398 e. The van der Waals surface area contributed by atoms with E-state index in [0.29, 0.717) is 11.5 Å². The van der Waals surface area contributed by atoms with Gasteiger partial charge in [0.25, 0.3) is 0 Å². The Hall–Kier alpha value is -5.42. The molecule has 2 saturated heterocycles. The maximum atomic E-state index is 7.04. The molecule has 4 unspecified atom stereocenters. The SMILES string of the molecule is CC1OP(Oc2ccc3ccccc3c2-c2c(OP3OC(C)C(c4ccccc4)(c4ccccc4)O3)ccc3ccccc23)OC1(c1ccccc1)c1ccccc1. The maximum absolute atomic E-state index is 7.04. The Morgan fingerprint density at radius 2 is 0.690 bits per heavy atom. The van der Waals surface area contributed by atoms with Crippen LogP contribution in [0.5, 0.6) is 11.5 Å². The van der Waals surface area contributed by atoms with Gasteiger partial charge in [0.15, 0.2) is 11.2 Å². The molecule has 0 saturated carbocycles. The van der Waals surface area contributed by atoms with Gasteiger partial charge in [-0.25, -0.2) is 0 Å². The summed E-state index contributed by atoms with van der Waals surface area (Å²) in [6.45, 7) is 4.11. The predicted molar refractivity (Wildman–Crippen MR) is 233 cm³/mol. The van der Waals surface area contributed by atoms with Crippen LogP contribution in [0, 0.1) is 0 Å². The zero-order chi connectivity index (χ0) is 39.1. The highest BCUT2D eigenvalue weighted by Gasteiger charge is 2.54. The van der Waals surface area contributed by atoms with Crippen molar-refractivity contribution in [2.24, 2.45) is 0 Å². The predicted octanol–water partition coefficient (Wildman–Crippen LogP) is 13.6. The molecule has 0 aliphatic carbocycles. The molecule has 4 atom stereocenters. The highest BCUT2D eigenvalue weighted by Crippen LogP contribution is 2.63. The molecular formula is C50H40O6P2. The lowest BCUT2D eigenvalue weighted by Gasteiger charge is -2.31. The summed E-state index contributed by atoms with van der Waals surface area (Å²) in [4.78, 5) is 0. The number of hydrogen-bond acceptors (Lipinski definition) is 6. The Balaban J connectivity index is 1.09. The first-order valence-electron chi connectivity index (χ1n) is 19.5. The highest BCUT2D eigenvalue weighted by molar-refractivity contribution is 7.42. The van der Waals surface area contributed by atoms with Gasteiger partial charge in [-0.3, -0.25) is 18.1 Å². The molecule has 0 bridgehead atoms. The van der Waals surface area contributed by atoms with E-state index < -0.39 is 28.4 Å². The summed E-state index contributed by atoms with van der Waals surface area (Å²) in [5.74, 6) is 1.24. The van der Waals surface area contributed by atoms with Crippen molar-refractivity contribution >= 4 is 38.7 Å². The Kier molecular flexibility index (Phi) is 9.79. The molecule has 0 aromatic heterocycles. The van der Waals surface area contributed by atoms with Crippen molar-refractivity contribution in [2.75, 3.05) is 0 Å². The topological polar surface area (TPSA) is 55.4 Å². The van der Waals surface area contributed by atoms with Gasteiger partial charge in [-0.1, -0.05) is 182 Å². The molecule has 0 N–H and O–H groups in total. The Labute approximate surface area is 340 Å². The standard InChI is InChI=1S/C50H40O6P2/c1-35-49(39-21-7-3-8-22-39,40-23-9-4-10-24-40)55-57(51-35)53-45-33-31-37-19-15-17-29-43(37)47(45)48-44-30-18-16-20-38(44)32-34-46(48)54-58-52-36(2)50(56-58,41-25-11-5-12-26-41)42-27-13-6-14-28-42/h3-36H,1-2H3. The molecule has 2 aliphatic heterocycles. The Morgan fingerprint density at radius 3 is 1.03 bits per heavy atom. The normalized spacial score (nSPS) is 20.9. The van der Waals surface area contributed by atoms with Gasteiger partial charge >= 0.3 is 17.2 Å².